The number of hydrogen-bond donors (Lipinski definition) is 1. The second-order valence-electron chi connectivity index (χ2n) is 4.18. The van der Waals surface area contributed by atoms with Crippen LogP contribution in [0, 0.1) is 0 Å². The molecule has 0 spiro atoms. The van der Waals surface area contributed by atoms with Crippen molar-refractivity contribution in [3.8, 4) is 5.75 Å². The largest absolute Gasteiger partial charge is 0.496 e. The van der Waals surface area contributed by atoms with Gasteiger partial charge in [0.2, 0.25) is 0 Å². The molecule has 2 rings (SSSR count). The van der Waals surface area contributed by atoms with Crippen molar-refractivity contribution in [1.82, 2.24) is 5.32 Å². The summed E-state index contributed by atoms with van der Waals surface area (Å²) in [4.78, 5) is 0. The number of methoxy groups -OCH3 is 1. The maximum atomic E-state index is 5.41. The van der Waals surface area contributed by atoms with Gasteiger partial charge >= 0.3 is 0 Å². The predicted molar refractivity (Wildman–Crippen MR) is 79.7 cm³/mol. The van der Waals surface area contributed by atoms with Crippen LogP contribution in [0.4, 0.5) is 0 Å². The van der Waals surface area contributed by atoms with Crippen LogP contribution in [0.2, 0.25) is 0 Å². The normalized spacial score (nSPS) is 12.3. The molecule has 1 unspecified atom stereocenters. The number of hydrogen-bond acceptors (Lipinski definition) is 4. The molecule has 0 saturated carbocycles. The van der Waals surface area contributed by atoms with Crippen molar-refractivity contribution in [2.45, 2.75) is 11.8 Å². The molecule has 0 aliphatic heterocycles. The summed E-state index contributed by atoms with van der Waals surface area (Å²) in [6.07, 6.45) is 1.71. The van der Waals surface area contributed by atoms with Crippen molar-refractivity contribution in [2.75, 3.05) is 19.9 Å². The van der Waals surface area contributed by atoms with Crippen LogP contribution in [0.25, 0.3) is 0 Å². The third-order valence-electron chi connectivity index (χ3n) is 2.97. The zero-order valence-electron chi connectivity index (χ0n) is 11.3. The molecule has 0 saturated heterocycles. The Labute approximate surface area is 118 Å². The lowest BCUT2D eigenvalue weighted by atomic mass is 10.1. The molecule has 1 aromatic heterocycles. The molecule has 19 heavy (non-hydrogen) atoms. The van der Waals surface area contributed by atoms with Gasteiger partial charge in [0.25, 0.3) is 0 Å². The molecule has 0 amide bonds. The summed E-state index contributed by atoms with van der Waals surface area (Å²) in [6.45, 7) is 0. The van der Waals surface area contributed by atoms with Gasteiger partial charge in [0.05, 0.1) is 19.1 Å². The van der Waals surface area contributed by atoms with E-state index in [4.69, 9.17) is 9.15 Å². The van der Waals surface area contributed by atoms with Gasteiger partial charge in [-0.2, -0.15) is 11.8 Å². The standard InChI is InChI=1S/C15H19NO2S/c1-16-14(11-19-10-12-6-5-9-18-12)13-7-3-4-8-15(13)17-2/h3-9,14,16H,10-11H2,1-2H3. The minimum Gasteiger partial charge on any atom is -0.496 e. The van der Waals surface area contributed by atoms with Gasteiger partial charge in [-0.15, -0.1) is 0 Å². The Morgan fingerprint density at radius 3 is 2.79 bits per heavy atom. The van der Waals surface area contributed by atoms with E-state index in [2.05, 4.69) is 11.4 Å². The van der Waals surface area contributed by atoms with E-state index in [0.29, 0.717) is 0 Å². The highest BCUT2D eigenvalue weighted by atomic mass is 32.2. The zero-order chi connectivity index (χ0) is 13.5. The van der Waals surface area contributed by atoms with Crippen molar-refractivity contribution in [1.29, 1.82) is 0 Å². The smallest absolute Gasteiger partial charge is 0.123 e. The molecule has 1 heterocycles. The minimum atomic E-state index is 0.274. The molecule has 1 atom stereocenters. The minimum absolute atomic E-state index is 0.274. The summed E-state index contributed by atoms with van der Waals surface area (Å²) in [7, 11) is 3.69. The number of furan rings is 1. The molecule has 1 N–H and O–H groups in total. The van der Waals surface area contributed by atoms with Gasteiger partial charge in [0.15, 0.2) is 0 Å². The topological polar surface area (TPSA) is 34.4 Å². The molecule has 1 aromatic carbocycles. The lowest BCUT2D eigenvalue weighted by Gasteiger charge is -2.18. The first-order valence-electron chi connectivity index (χ1n) is 6.25. The van der Waals surface area contributed by atoms with Gasteiger partial charge in [0.1, 0.15) is 11.5 Å². The molecule has 0 radical (unpaired) electrons. The van der Waals surface area contributed by atoms with Crippen LogP contribution in [0.15, 0.2) is 47.1 Å². The molecular formula is C15H19NO2S. The Kier molecular flexibility index (Phi) is 5.36. The number of thioether (sulfide) groups is 1. The SMILES string of the molecule is CNC(CSCc1ccco1)c1ccccc1OC. The quantitative estimate of drug-likeness (QED) is 0.840. The van der Waals surface area contributed by atoms with Crippen LogP contribution in [0.1, 0.15) is 17.4 Å². The van der Waals surface area contributed by atoms with E-state index in [0.717, 1.165) is 23.0 Å². The highest BCUT2D eigenvalue weighted by Crippen LogP contribution is 2.28. The summed E-state index contributed by atoms with van der Waals surface area (Å²) in [5.41, 5.74) is 1.19. The average Bonchev–Trinajstić information content (AvgIpc) is 2.97. The van der Waals surface area contributed by atoms with Gasteiger partial charge < -0.3 is 14.5 Å². The van der Waals surface area contributed by atoms with Crippen LogP contribution < -0.4 is 10.1 Å². The first-order valence-corrected chi connectivity index (χ1v) is 7.41. The fraction of sp³-hybridized carbons (Fsp3) is 0.333. The van der Waals surface area contributed by atoms with Crippen LogP contribution in [-0.4, -0.2) is 19.9 Å². The van der Waals surface area contributed by atoms with Crippen LogP contribution in [-0.2, 0) is 5.75 Å². The molecule has 3 nitrogen and oxygen atoms in total. The Morgan fingerprint density at radius 1 is 1.26 bits per heavy atom. The molecular weight excluding hydrogens is 258 g/mol. The molecule has 4 heteroatoms. The van der Waals surface area contributed by atoms with Crippen LogP contribution in [0.3, 0.4) is 0 Å². The highest BCUT2D eigenvalue weighted by Gasteiger charge is 2.14. The van der Waals surface area contributed by atoms with E-state index in [-0.39, 0.29) is 6.04 Å². The number of para-hydroxylation sites is 1. The molecule has 0 fully saturated rings. The Hall–Kier alpha value is -1.39. The molecule has 2 aromatic rings. The van der Waals surface area contributed by atoms with Crippen molar-refractivity contribution in [3.63, 3.8) is 0 Å². The van der Waals surface area contributed by atoms with E-state index < -0.39 is 0 Å². The van der Waals surface area contributed by atoms with Crippen molar-refractivity contribution in [2.24, 2.45) is 0 Å². The number of benzene rings is 1. The van der Waals surface area contributed by atoms with E-state index in [1.807, 2.05) is 49.1 Å². The third kappa shape index (κ3) is 3.78. The third-order valence-corrected chi connectivity index (χ3v) is 4.03. The highest BCUT2D eigenvalue weighted by molar-refractivity contribution is 7.98. The maximum Gasteiger partial charge on any atom is 0.123 e. The maximum absolute atomic E-state index is 5.41. The number of ether oxygens (including phenoxy) is 1. The second-order valence-corrected chi connectivity index (χ2v) is 5.21. The van der Waals surface area contributed by atoms with E-state index in [9.17, 15) is 0 Å². The van der Waals surface area contributed by atoms with Gasteiger partial charge in [-0.1, -0.05) is 18.2 Å². The molecule has 0 aliphatic rings. The van der Waals surface area contributed by atoms with Crippen LogP contribution in [0.5, 0.6) is 5.75 Å². The second kappa shape index (κ2) is 7.26. The molecule has 0 bridgehead atoms. The molecule has 102 valence electrons. The van der Waals surface area contributed by atoms with Crippen molar-refractivity contribution >= 4 is 11.8 Å². The van der Waals surface area contributed by atoms with Crippen LogP contribution >= 0.6 is 11.8 Å². The fourth-order valence-corrected chi connectivity index (χ4v) is 3.02. The van der Waals surface area contributed by atoms with E-state index in [1.54, 1.807) is 13.4 Å². The average molecular weight is 277 g/mol. The van der Waals surface area contributed by atoms with Gasteiger partial charge in [0, 0.05) is 17.4 Å². The van der Waals surface area contributed by atoms with Crippen molar-refractivity contribution < 1.29 is 9.15 Å². The van der Waals surface area contributed by atoms with Gasteiger partial charge in [-0.25, -0.2) is 0 Å². The number of nitrogens with one attached hydrogen (secondary N) is 1. The Morgan fingerprint density at radius 2 is 2.11 bits per heavy atom. The number of rotatable bonds is 7. The summed E-state index contributed by atoms with van der Waals surface area (Å²) >= 11 is 1.85. The molecule has 0 aliphatic carbocycles. The lowest BCUT2D eigenvalue weighted by Crippen LogP contribution is -2.19. The first kappa shape index (κ1) is 14.0. The van der Waals surface area contributed by atoms with E-state index in [1.165, 1.54) is 5.56 Å². The summed E-state index contributed by atoms with van der Waals surface area (Å²) in [5.74, 6) is 3.80. The van der Waals surface area contributed by atoms with Gasteiger partial charge in [-0.3, -0.25) is 0 Å². The summed E-state index contributed by atoms with van der Waals surface area (Å²) < 4.78 is 10.7. The first-order chi connectivity index (χ1) is 9.35. The lowest BCUT2D eigenvalue weighted by molar-refractivity contribution is 0.404. The Bertz CT molecular complexity index is 485. The van der Waals surface area contributed by atoms with Gasteiger partial charge in [-0.05, 0) is 25.2 Å². The zero-order valence-corrected chi connectivity index (χ0v) is 12.1. The monoisotopic (exact) mass is 277 g/mol. The Balaban J connectivity index is 1.95. The van der Waals surface area contributed by atoms with Crippen molar-refractivity contribution in [3.05, 3.63) is 54.0 Å². The predicted octanol–water partition coefficient (Wildman–Crippen LogP) is 3.48. The summed E-state index contributed by atoms with van der Waals surface area (Å²) in [5, 5.41) is 3.34. The summed E-state index contributed by atoms with van der Waals surface area (Å²) in [6, 6.07) is 12.3. The van der Waals surface area contributed by atoms with E-state index >= 15 is 0 Å². The fourth-order valence-electron chi connectivity index (χ4n) is 1.95.